The molecule has 1 atom stereocenters. The first-order valence-electron chi connectivity index (χ1n) is 6.87. The largest absolute Gasteiger partial charge is 0.466 e. The molecule has 1 saturated heterocycles. The smallest absolute Gasteiger partial charge is 0.310 e. The lowest BCUT2D eigenvalue weighted by atomic mass is 10.0. The molecular formula is C14H18INO4S. The second-order valence-electron chi connectivity index (χ2n) is 4.91. The second-order valence-corrected chi connectivity index (χ2v) is 8.09. The minimum absolute atomic E-state index is 0.202. The molecular weight excluding hydrogens is 405 g/mol. The molecule has 1 heterocycles. The number of rotatable bonds is 4. The summed E-state index contributed by atoms with van der Waals surface area (Å²) in [6, 6.07) is 6.73. The Balaban J connectivity index is 2.16. The van der Waals surface area contributed by atoms with Crippen LogP contribution >= 0.6 is 22.6 Å². The molecule has 1 aromatic rings. The van der Waals surface area contributed by atoms with E-state index in [1.165, 1.54) is 4.31 Å². The van der Waals surface area contributed by atoms with E-state index in [1.54, 1.807) is 31.2 Å². The van der Waals surface area contributed by atoms with E-state index in [-0.39, 0.29) is 23.3 Å². The molecule has 1 aliphatic heterocycles. The van der Waals surface area contributed by atoms with E-state index in [2.05, 4.69) is 22.6 Å². The number of benzene rings is 1. The van der Waals surface area contributed by atoms with Gasteiger partial charge >= 0.3 is 5.97 Å². The summed E-state index contributed by atoms with van der Waals surface area (Å²) in [5, 5.41) is 0. The highest BCUT2D eigenvalue weighted by Crippen LogP contribution is 2.24. The highest BCUT2D eigenvalue weighted by atomic mass is 127. The minimum Gasteiger partial charge on any atom is -0.466 e. The Morgan fingerprint density at radius 2 is 2.05 bits per heavy atom. The molecule has 0 radical (unpaired) electrons. The topological polar surface area (TPSA) is 63.7 Å². The van der Waals surface area contributed by atoms with Crippen molar-refractivity contribution in [3.63, 3.8) is 0 Å². The summed E-state index contributed by atoms with van der Waals surface area (Å²) in [5.41, 5.74) is 0. The zero-order chi connectivity index (χ0) is 15.5. The van der Waals surface area contributed by atoms with Gasteiger partial charge in [-0.1, -0.05) is 0 Å². The molecule has 0 saturated carbocycles. The molecule has 0 amide bonds. The Hall–Kier alpha value is -0.670. The molecule has 21 heavy (non-hydrogen) atoms. The molecule has 1 aromatic carbocycles. The van der Waals surface area contributed by atoms with Crippen molar-refractivity contribution in [1.82, 2.24) is 4.31 Å². The summed E-state index contributed by atoms with van der Waals surface area (Å²) in [4.78, 5) is 12.1. The van der Waals surface area contributed by atoms with Gasteiger partial charge in [-0.15, -0.1) is 0 Å². The Bertz CT molecular complexity index is 600. The summed E-state index contributed by atoms with van der Waals surface area (Å²) < 4.78 is 32.6. The van der Waals surface area contributed by atoms with Crippen LogP contribution in [0.2, 0.25) is 0 Å². The maximum Gasteiger partial charge on any atom is 0.310 e. The molecule has 0 N–H and O–H groups in total. The summed E-state index contributed by atoms with van der Waals surface area (Å²) in [5.74, 6) is -0.669. The fourth-order valence-electron chi connectivity index (χ4n) is 2.37. The fraction of sp³-hybridized carbons (Fsp3) is 0.500. The number of carbonyl (C=O) groups is 1. The number of sulfonamides is 1. The van der Waals surface area contributed by atoms with Gasteiger partial charge in [0, 0.05) is 16.7 Å². The van der Waals surface area contributed by atoms with Crippen LogP contribution in [0.15, 0.2) is 29.2 Å². The average molecular weight is 423 g/mol. The van der Waals surface area contributed by atoms with E-state index >= 15 is 0 Å². The second kappa shape index (κ2) is 7.06. The Kier molecular flexibility index (Phi) is 5.61. The van der Waals surface area contributed by atoms with Gasteiger partial charge in [0.1, 0.15) is 0 Å². The van der Waals surface area contributed by atoms with E-state index < -0.39 is 10.0 Å². The number of ether oxygens (including phenoxy) is 1. The lowest BCUT2D eigenvalue weighted by Gasteiger charge is -2.30. The zero-order valence-corrected chi connectivity index (χ0v) is 14.8. The number of carbonyl (C=O) groups excluding carboxylic acids is 1. The number of halogens is 1. The van der Waals surface area contributed by atoms with Crippen LogP contribution in [0.3, 0.4) is 0 Å². The van der Waals surface area contributed by atoms with Gasteiger partial charge in [0.2, 0.25) is 10.0 Å². The van der Waals surface area contributed by atoms with Crippen LogP contribution in [-0.2, 0) is 19.6 Å². The first kappa shape index (κ1) is 16.7. The molecule has 1 fully saturated rings. The maximum atomic E-state index is 12.6. The third-order valence-corrected chi connectivity index (χ3v) is 6.05. The molecule has 0 spiro atoms. The lowest BCUT2D eigenvalue weighted by Crippen LogP contribution is -2.42. The van der Waals surface area contributed by atoms with E-state index in [1.807, 2.05) is 0 Å². The third kappa shape index (κ3) is 3.95. The monoisotopic (exact) mass is 423 g/mol. The number of hydrogen-bond donors (Lipinski definition) is 0. The van der Waals surface area contributed by atoms with Crippen molar-refractivity contribution >= 4 is 38.6 Å². The predicted molar refractivity (Wildman–Crippen MR) is 87.3 cm³/mol. The van der Waals surface area contributed by atoms with E-state index in [9.17, 15) is 13.2 Å². The van der Waals surface area contributed by atoms with Crippen LogP contribution in [0.25, 0.3) is 0 Å². The van der Waals surface area contributed by atoms with Crippen LogP contribution in [0.1, 0.15) is 19.8 Å². The zero-order valence-electron chi connectivity index (χ0n) is 11.8. The van der Waals surface area contributed by atoms with E-state index in [0.717, 1.165) is 3.57 Å². The summed E-state index contributed by atoms with van der Waals surface area (Å²) >= 11 is 2.13. The molecule has 7 heteroatoms. The molecule has 0 unspecified atom stereocenters. The highest BCUT2D eigenvalue weighted by molar-refractivity contribution is 14.1. The summed E-state index contributed by atoms with van der Waals surface area (Å²) in [7, 11) is -3.54. The molecule has 5 nitrogen and oxygen atoms in total. The number of piperidine rings is 1. The molecule has 116 valence electrons. The third-order valence-electron chi connectivity index (χ3n) is 3.46. The Labute approximate surface area is 138 Å². The van der Waals surface area contributed by atoms with Gasteiger partial charge in [-0.3, -0.25) is 4.79 Å². The molecule has 0 aliphatic carbocycles. The van der Waals surface area contributed by atoms with Gasteiger partial charge in [0.05, 0.1) is 17.4 Å². The van der Waals surface area contributed by atoms with Gasteiger partial charge in [0.15, 0.2) is 0 Å². The SMILES string of the molecule is CCOC(=O)[C@H]1CCCN(S(=O)(=O)c2ccc(I)cc2)C1. The Morgan fingerprint density at radius 1 is 1.38 bits per heavy atom. The van der Waals surface area contributed by atoms with Crippen LogP contribution < -0.4 is 0 Å². The maximum absolute atomic E-state index is 12.6. The van der Waals surface area contributed by atoms with Crippen molar-refractivity contribution in [2.45, 2.75) is 24.7 Å². The highest BCUT2D eigenvalue weighted by Gasteiger charge is 2.33. The number of nitrogens with zero attached hydrogens (tertiary/aromatic N) is 1. The van der Waals surface area contributed by atoms with Crippen LogP contribution in [-0.4, -0.2) is 38.4 Å². The number of hydrogen-bond acceptors (Lipinski definition) is 4. The van der Waals surface area contributed by atoms with Crippen molar-refractivity contribution in [2.75, 3.05) is 19.7 Å². The first-order chi connectivity index (χ1) is 9.95. The molecule has 1 aliphatic rings. The predicted octanol–water partition coefficient (Wildman–Crippen LogP) is 2.26. The van der Waals surface area contributed by atoms with Crippen molar-refractivity contribution in [2.24, 2.45) is 5.92 Å². The summed E-state index contributed by atoms with van der Waals surface area (Å²) in [6.45, 7) is 2.72. The normalized spacial score (nSPS) is 20.2. The minimum atomic E-state index is -3.54. The molecule has 2 rings (SSSR count). The fourth-order valence-corrected chi connectivity index (χ4v) is 4.25. The van der Waals surface area contributed by atoms with Crippen molar-refractivity contribution in [3.8, 4) is 0 Å². The van der Waals surface area contributed by atoms with Crippen molar-refractivity contribution in [3.05, 3.63) is 27.8 Å². The van der Waals surface area contributed by atoms with Gasteiger partial charge < -0.3 is 4.74 Å². The van der Waals surface area contributed by atoms with Gasteiger partial charge in [-0.25, -0.2) is 8.42 Å². The van der Waals surface area contributed by atoms with Gasteiger partial charge in [-0.05, 0) is 66.6 Å². The number of esters is 1. The van der Waals surface area contributed by atoms with Gasteiger partial charge in [-0.2, -0.15) is 4.31 Å². The molecule has 0 bridgehead atoms. The van der Waals surface area contributed by atoms with Crippen LogP contribution in [0, 0.1) is 9.49 Å². The van der Waals surface area contributed by atoms with Crippen molar-refractivity contribution in [1.29, 1.82) is 0 Å². The first-order valence-corrected chi connectivity index (χ1v) is 9.39. The average Bonchev–Trinajstić information content (AvgIpc) is 2.48. The van der Waals surface area contributed by atoms with Crippen LogP contribution in [0.4, 0.5) is 0 Å². The quantitative estimate of drug-likeness (QED) is 0.551. The van der Waals surface area contributed by atoms with Gasteiger partial charge in [0.25, 0.3) is 0 Å². The standard InChI is InChI=1S/C14H18INO4S/c1-2-20-14(17)11-4-3-9-16(10-11)21(18,19)13-7-5-12(15)6-8-13/h5-8,11H,2-4,9-10H2,1H3/t11-/m0/s1. The summed E-state index contributed by atoms with van der Waals surface area (Å²) in [6.07, 6.45) is 1.35. The van der Waals surface area contributed by atoms with E-state index in [0.29, 0.717) is 26.0 Å². The van der Waals surface area contributed by atoms with Crippen LogP contribution in [0.5, 0.6) is 0 Å². The molecule has 0 aromatic heterocycles. The Morgan fingerprint density at radius 3 is 2.67 bits per heavy atom. The van der Waals surface area contributed by atoms with E-state index in [4.69, 9.17) is 4.74 Å². The lowest BCUT2D eigenvalue weighted by molar-refractivity contribution is -0.149. The van der Waals surface area contributed by atoms with Crippen molar-refractivity contribution < 1.29 is 17.9 Å².